The molecule has 2 aromatic rings. The number of fused-ring (bicyclic) bond motifs is 1. The van der Waals surface area contributed by atoms with Crippen LogP contribution in [-0.2, 0) is 11.3 Å². The fraction of sp³-hybridized carbons (Fsp3) is 0.444. The second kappa shape index (κ2) is 6.34. The fourth-order valence-corrected chi connectivity index (χ4v) is 3.58. The van der Waals surface area contributed by atoms with E-state index >= 15 is 0 Å². The Balaban J connectivity index is 1.34. The van der Waals surface area contributed by atoms with E-state index in [0.717, 1.165) is 19.6 Å². The number of benzene rings is 1. The number of furan rings is 1. The lowest BCUT2D eigenvalue weighted by Crippen LogP contribution is -2.26. The van der Waals surface area contributed by atoms with Gasteiger partial charge in [0, 0.05) is 37.0 Å². The smallest absolute Gasteiger partial charge is 0.165 e. The van der Waals surface area contributed by atoms with E-state index in [1.807, 2.05) is 6.07 Å². The molecule has 0 saturated carbocycles. The normalized spacial score (nSPS) is 27.3. The van der Waals surface area contributed by atoms with E-state index in [9.17, 15) is 4.39 Å². The highest BCUT2D eigenvalue weighted by Gasteiger charge is 2.44. The van der Waals surface area contributed by atoms with Crippen LogP contribution >= 0.6 is 0 Å². The molecule has 0 radical (unpaired) electrons. The molecule has 1 aromatic carbocycles. The molecule has 3 heterocycles. The first-order valence-electron chi connectivity index (χ1n) is 8.02. The quantitative estimate of drug-likeness (QED) is 0.849. The van der Waals surface area contributed by atoms with E-state index in [1.54, 1.807) is 30.7 Å². The molecule has 4 nitrogen and oxygen atoms in total. The van der Waals surface area contributed by atoms with Gasteiger partial charge in [0.2, 0.25) is 0 Å². The maximum Gasteiger partial charge on any atom is 0.165 e. The molecule has 0 N–H and O–H groups in total. The van der Waals surface area contributed by atoms with Crippen LogP contribution in [0.5, 0.6) is 5.75 Å². The summed E-state index contributed by atoms with van der Waals surface area (Å²) in [6, 6.07) is 8.54. The third kappa shape index (κ3) is 3.12. The number of para-hydroxylation sites is 1. The number of rotatable bonds is 5. The Hall–Kier alpha value is -1.85. The second-order valence-electron chi connectivity index (χ2n) is 6.36. The predicted molar refractivity (Wildman–Crippen MR) is 82.6 cm³/mol. The first-order chi connectivity index (χ1) is 11.3. The van der Waals surface area contributed by atoms with Gasteiger partial charge in [-0.1, -0.05) is 12.1 Å². The number of halogens is 1. The topological polar surface area (TPSA) is 34.8 Å². The molecule has 0 amide bonds. The predicted octanol–water partition coefficient (Wildman–Crippen LogP) is 2.94. The average molecular weight is 317 g/mol. The molecule has 1 aromatic heterocycles. The van der Waals surface area contributed by atoms with Crippen molar-refractivity contribution in [2.45, 2.75) is 12.6 Å². The van der Waals surface area contributed by atoms with Gasteiger partial charge in [0.1, 0.15) is 0 Å². The summed E-state index contributed by atoms with van der Waals surface area (Å²) in [5.41, 5.74) is 1.18. The lowest BCUT2D eigenvalue weighted by Gasteiger charge is -2.19. The standard InChI is InChI=1S/C18H20FNO3/c19-16-3-1-2-4-17(16)22-11-14-12-23-18-9-20(8-15(14)18)7-13-5-6-21-10-13/h1-6,10,14-15,18H,7-9,11-12H2/t14-,15+,18+/m1/s1. The van der Waals surface area contributed by atoms with Crippen LogP contribution in [0.1, 0.15) is 5.56 Å². The average Bonchev–Trinajstić information content (AvgIpc) is 3.25. The third-order valence-electron chi connectivity index (χ3n) is 4.79. The van der Waals surface area contributed by atoms with Crippen LogP contribution in [0.15, 0.2) is 47.3 Å². The summed E-state index contributed by atoms with van der Waals surface area (Å²) in [7, 11) is 0. The number of likely N-dealkylation sites (tertiary alicyclic amines) is 1. The van der Waals surface area contributed by atoms with Crippen LogP contribution in [0.3, 0.4) is 0 Å². The van der Waals surface area contributed by atoms with Gasteiger partial charge >= 0.3 is 0 Å². The van der Waals surface area contributed by atoms with E-state index in [2.05, 4.69) is 4.90 Å². The van der Waals surface area contributed by atoms with Crippen LogP contribution in [-0.4, -0.2) is 37.3 Å². The van der Waals surface area contributed by atoms with Crippen LogP contribution in [0.4, 0.5) is 4.39 Å². The van der Waals surface area contributed by atoms with Gasteiger partial charge in [-0.2, -0.15) is 0 Å². The Kier molecular flexibility index (Phi) is 4.06. The molecule has 0 spiro atoms. The van der Waals surface area contributed by atoms with Gasteiger partial charge in [0.15, 0.2) is 11.6 Å². The zero-order valence-electron chi connectivity index (χ0n) is 12.9. The number of nitrogens with zero attached hydrogens (tertiary/aromatic N) is 1. The molecule has 4 rings (SSSR count). The Morgan fingerprint density at radius 1 is 1.22 bits per heavy atom. The summed E-state index contributed by atoms with van der Waals surface area (Å²) in [4.78, 5) is 2.38. The Morgan fingerprint density at radius 3 is 2.96 bits per heavy atom. The van der Waals surface area contributed by atoms with E-state index in [0.29, 0.717) is 30.8 Å². The monoisotopic (exact) mass is 317 g/mol. The van der Waals surface area contributed by atoms with Gasteiger partial charge in [0.05, 0.1) is 31.8 Å². The maximum atomic E-state index is 13.6. The van der Waals surface area contributed by atoms with Crippen molar-refractivity contribution >= 4 is 0 Å². The minimum absolute atomic E-state index is 0.260. The molecule has 2 aliphatic heterocycles. The van der Waals surface area contributed by atoms with Crippen LogP contribution in [0.2, 0.25) is 0 Å². The third-order valence-corrected chi connectivity index (χ3v) is 4.79. The molecule has 2 saturated heterocycles. The van der Waals surface area contributed by atoms with Crippen LogP contribution < -0.4 is 4.74 Å². The van der Waals surface area contributed by atoms with Gasteiger partial charge in [-0.3, -0.25) is 4.90 Å². The van der Waals surface area contributed by atoms with E-state index < -0.39 is 0 Å². The summed E-state index contributed by atoms with van der Waals surface area (Å²) < 4.78 is 30.4. The van der Waals surface area contributed by atoms with Crippen LogP contribution in [0, 0.1) is 17.7 Å². The maximum absolute atomic E-state index is 13.6. The lowest BCUT2D eigenvalue weighted by molar-refractivity contribution is 0.0894. The molecular weight excluding hydrogens is 297 g/mol. The fourth-order valence-electron chi connectivity index (χ4n) is 3.58. The zero-order valence-corrected chi connectivity index (χ0v) is 12.9. The van der Waals surface area contributed by atoms with Crippen molar-refractivity contribution in [2.75, 3.05) is 26.3 Å². The molecule has 122 valence electrons. The first kappa shape index (κ1) is 14.7. The van der Waals surface area contributed by atoms with Gasteiger partial charge in [-0.05, 0) is 18.2 Å². The minimum atomic E-state index is -0.309. The summed E-state index contributed by atoms with van der Waals surface area (Å²) in [6.45, 7) is 4.01. The van der Waals surface area contributed by atoms with Crippen molar-refractivity contribution in [3.05, 3.63) is 54.2 Å². The van der Waals surface area contributed by atoms with Crippen molar-refractivity contribution in [2.24, 2.45) is 11.8 Å². The Bertz CT molecular complexity index is 645. The highest BCUT2D eigenvalue weighted by molar-refractivity contribution is 5.23. The molecule has 0 unspecified atom stereocenters. The summed E-state index contributed by atoms with van der Waals surface area (Å²) in [5.74, 6) is 0.780. The number of hydrogen-bond acceptors (Lipinski definition) is 4. The number of ether oxygens (including phenoxy) is 2. The molecule has 5 heteroatoms. The molecule has 2 fully saturated rings. The summed E-state index contributed by atoms with van der Waals surface area (Å²) >= 11 is 0. The molecule has 3 atom stereocenters. The second-order valence-corrected chi connectivity index (χ2v) is 6.36. The summed E-state index contributed by atoms with van der Waals surface area (Å²) in [5, 5.41) is 0. The molecular formula is C18H20FNO3. The van der Waals surface area contributed by atoms with Crippen molar-refractivity contribution in [3.63, 3.8) is 0 Å². The van der Waals surface area contributed by atoms with Gasteiger partial charge < -0.3 is 13.9 Å². The number of hydrogen-bond donors (Lipinski definition) is 0. The lowest BCUT2D eigenvalue weighted by atomic mass is 9.94. The van der Waals surface area contributed by atoms with E-state index in [1.165, 1.54) is 11.6 Å². The van der Waals surface area contributed by atoms with Crippen molar-refractivity contribution < 1.29 is 18.3 Å². The minimum Gasteiger partial charge on any atom is -0.490 e. The van der Waals surface area contributed by atoms with Gasteiger partial charge in [-0.15, -0.1) is 0 Å². The highest BCUT2D eigenvalue weighted by atomic mass is 19.1. The van der Waals surface area contributed by atoms with Crippen molar-refractivity contribution in [1.82, 2.24) is 4.90 Å². The molecule has 0 aliphatic carbocycles. The summed E-state index contributed by atoms with van der Waals surface area (Å²) in [6.07, 6.45) is 3.75. The highest BCUT2D eigenvalue weighted by Crippen LogP contribution is 2.34. The SMILES string of the molecule is Fc1ccccc1OC[C@@H]1CO[C@H]2CN(Cc3ccoc3)C[C@@H]12. The molecule has 23 heavy (non-hydrogen) atoms. The molecule has 2 aliphatic rings. The van der Waals surface area contributed by atoms with Crippen molar-refractivity contribution in [1.29, 1.82) is 0 Å². The Labute approximate surface area is 134 Å². The molecule has 0 bridgehead atoms. The van der Waals surface area contributed by atoms with E-state index in [-0.39, 0.29) is 11.9 Å². The van der Waals surface area contributed by atoms with Crippen molar-refractivity contribution in [3.8, 4) is 5.75 Å². The first-order valence-corrected chi connectivity index (χ1v) is 8.02. The van der Waals surface area contributed by atoms with Gasteiger partial charge in [-0.25, -0.2) is 4.39 Å². The Morgan fingerprint density at radius 2 is 2.13 bits per heavy atom. The zero-order chi connectivity index (χ0) is 15.6. The van der Waals surface area contributed by atoms with Gasteiger partial charge in [0.25, 0.3) is 0 Å². The largest absolute Gasteiger partial charge is 0.490 e. The van der Waals surface area contributed by atoms with E-state index in [4.69, 9.17) is 13.9 Å². The van der Waals surface area contributed by atoms with Crippen LogP contribution in [0.25, 0.3) is 0 Å².